The number of hydrogen-bond acceptors (Lipinski definition) is 4. The molecule has 2 aromatic rings. The predicted octanol–water partition coefficient (Wildman–Crippen LogP) is 3.36. The van der Waals surface area contributed by atoms with E-state index in [-0.39, 0.29) is 29.1 Å². The van der Waals surface area contributed by atoms with Crippen molar-refractivity contribution in [3.63, 3.8) is 0 Å². The zero-order chi connectivity index (χ0) is 19.7. The summed E-state index contributed by atoms with van der Waals surface area (Å²) in [5.41, 5.74) is 0.681. The number of aromatic nitrogens is 1. The average molecular weight is 384 g/mol. The van der Waals surface area contributed by atoms with Gasteiger partial charge in [-0.2, -0.15) is 0 Å². The Bertz CT molecular complexity index is 969. The second-order valence-corrected chi connectivity index (χ2v) is 8.80. The molecular formula is C22H28N2O4. The van der Waals surface area contributed by atoms with Crippen LogP contribution in [0, 0.1) is 10.6 Å². The SMILES string of the molecule is CCOC(=O)[C@@]1(O)C[C@]2(CC)CCC[N+]3([O-])CCc4c(n1c1ccccc41)[C@H]23. The van der Waals surface area contributed by atoms with Gasteiger partial charge in [-0.3, -0.25) is 0 Å². The van der Waals surface area contributed by atoms with Crippen LogP contribution in [0.3, 0.4) is 0 Å². The van der Waals surface area contributed by atoms with E-state index in [4.69, 9.17) is 4.74 Å². The lowest BCUT2D eigenvalue weighted by Crippen LogP contribution is -2.65. The summed E-state index contributed by atoms with van der Waals surface area (Å²) in [6.07, 6.45) is 3.39. The zero-order valence-electron chi connectivity index (χ0n) is 16.6. The molecule has 5 rings (SSSR count). The zero-order valence-corrected chi connectivity index (χ0v) is 16.6. The Kier molecular flexibility index (Phi) is 3.77. The number of fused-ring (bicyclic) bond motifs is 3. The van der Waals surface area contributed by atoms with Crippen molar-refractivity contribution in [2.45, 2.75) is 57.7 Å². The third-order valence-electron chi connectivity index (χ3n) is 7.56. The molecule has 1 saturated heterocycles. The van der Waals surface area contributed by atoms with Gasteiger partial charge in [-0.15, -0.1) is 0 Å². The number of para-hydroxylation sites is 1. The predicted molar refractivity (Wildman–Crippen MR) is 105 cm³/mol. The lowest BCUT2D eigenvalue weighted by Gasteiger charge is -2.64. The minimum Gasteiger partial charge on any atom is -0.632 e. The first-order chi connectivity index (χ1) is 13.4. The highest BCUT2D eigenvalue weighted by Gasteiger charge is 2.64. The van der Waals surface area contributed by atoms with Crippen molar-refractivity contribution >= 4 is 16.9 Å². The number of benzene rings is 1. The van der Waals surface area contributed by atoms with E-state index >= 15 is 0 Å². The van der Waals surface area contributed by atoms with E-state index < -0.39 is 11.7 Å². The van der Waals surface area contributed by atoms with Crippen LogP contribution in [-0.2, 0) is 21.7 Å². The Morgan fingerprint density at radius 2 is 2.14 bits per heavy atom. The molecule has 1 unspecified atom stereocenters. The number of carbonyl (C=O) groups excluding carboxylic acids is 1. The van der Waals surface area contributed by atoms with Gasteiger partial charge in [0.25, 0.3) is 0 Å². The molecule has 0 amide bonds. The summed E-state index contributed by atoms with van der Waals surface area (Å²) in [7, 11) is 0. The standard InChI is InChI=1S/C22H28N2O4/c1-3-21-11-7-12-24(27)13-10-16-15-8-5-6-9-17(15)23(18(16)19(21)24)22(26,14-21)20(25)28-4-2/h5-6,8-9,19,26H,3-4,7,10-14H2,1-2H3/t19-,21+,22+,24?/m1/s1. The van der Waals surface area contributed by atoms with Gasteiger partial charge in [0.05, 0.1) is 30.9 Å². The van der Waals surface area contributed by atoms with E-state index in [0.717, 1.165) is 41.4 Å². The van der Waals surface area contributed by atoms with Crippen LogP contribution in [0.4, 0.5) is 0 Å². The fourth-order valence-corrected chi connectivity index (χ4v) is 6.45. The number of quaternary nitrogens is 1. The molecule has 4 heterocycles. The smallest absolute Gasteiger partial charge is 0.360 e. The van der Waals surface area contributed by atoms with E-state index in [1.165, 1.54) is 0 Å². The molecule has 3 aliphatic rings. The molecule has 0 spiro atoms. The molecule has 1 fully saturated rings. The number of hydroxylamine groups is 3. The summed E-state index contributed by atoms with van der Waals surface area (Å²) in [6, 6.07) is 7.67. The van der Waals surface area contributed by atoms with Crippen LogP contribution in [0.1, 0.15) is 56.8 Å². The molecule has 3 aliphatic heterocycles. The second-order valence-electron chi connectivity index (χ2n) is 8.80. The Labute approximate surface area is 164 Å². The molecule has 0 saturated carbocycles. The summed E-state index contributed by atoms with van der Waals surface area (Å²) in [5.74, 6) is -0.607. The number of esters is 1. The molecule has 150 valence electrons. The first-order valence-corrected chi connectivity index (χ1v) is 10.5. The summed E-state index contributed by atoms with van der Waals surface area (Å²) in [6.45, 7) is 5.25. The Balaban J connectivity index is 1.88. The number of hydrogen-bond donors (Lipinski definition) is 1. The molecular weight excluding hydrogens is 356 g/mol. The molecule has 0 bridgehead atoms. The molecule has 1 aromatic carbocycles. The number of carbonyl (C=O) groups is 1. The molecule has 6 heteroatoms. The van der Waals surface area contributed by atoms with Crippen molar-refractivity contribution in [3.8, 4) is 0 Å². The van der Waals surface area contributed by atoms with Crippen LogP contribution < -0.4 is 0 Å². The van der Waals surface area contributed by atoms with Gasteiger partial charge in [-0.1, -0.05) is 25.1 Å². The summed E-state index contributed by atoms with van der Waals surface area (Å²) in [5, 5.41) is 26.8. The van der Waals surface area contributed by atoms with Crippen molar-refractivity contribution < 1.29 is 19.3 Å². The number of aliphatic hydroxyl groups is 1. The summed E-state index contributed by atoms with van der Waals surface area (Å²) >= 11 is 0. The second kappa shape index (κ2) is 5.81. The minimum absolute atomic E-state index is 0.215. The maximum Gasteiger partial charge on any atom is 0.360 e. The third-order valence-corrected chi connectivity index (χ3v) is 7.56. The van der Waals surface area contributed by atoms with Gasteiger partial charge in [-0.25, -0.2) is 4.79 Å². The first-order valence-electron chi connectivity index (χ1n) is 10.5. The van der Waals surface area contributed by atoms with Gasteiger partial charge in [0.1, 0.15) is 6.04 Å². The molecule has 6 nitrogen and oxygen atoms in total. The lowest BCUT2D eigenvalue weighted by molar-refractivity contribution is -0.929. The molecule has 4 atom stereocenters. The van der Waals surface area contributed by atoms with Gasteiger partial charge in [0, 0.05) is 23.6 Å². The van der Waals surface area contributed by atoms with Gasteiger partial charge in [0.15, 0.2) is 0 Å². The third kappa shape index (κ3) is 2.06. The van der Waals surface area contributed by atoms with Gasteiger partial charge in [-0.05, 0) is 37.8 Å². The molecule has 1 N–H and O–H groups in total. The van der Waals surface area contributed by atoms with E-state index in [9.17, 15) is 15.1 Å². The molecule has 1 aromatic heterocycles. The largest absolute Gasteiger partial charge is 0.632 e. The minimum atomic E-state index is -1.77. The van der Waals surface area contributed by atoms with E-state index in [1.807, 2.05) is 24.3 Å². The highest BCUT2D eigenvalue weighted by molar-refractivity contribution is 5.90. The van der Waals surface area contributed by atoms with Crippen LogP contribution in [0.25, 0.3) is 10.9 Å². The number of nitrogens with zero attached hydrogens (tertiary/aromatic N) is 2. The van der Waals surface area contributed by atoms with E-state index in [2.05, 4.69) is 6.92 Å². The topological polar surface area (TPSA) is 74.5 Å². The van der Waals surface area contributed by atoms with E-state index in [0.29, 0.717) is 19.5 Å². The normalized spacial score (nSPS) is 36.2. The molecule has 28 heavy (non-hydrogen) atoms. The molecule has 0 aliphatic carbocycles. The Morgan fingerprint density at radius 1 is 1.36 bits per heavy atom. The molecule has 0 radical (unpaired) electrons. The number of ether oxygens (including phenoxy) is 1. The quantitative estimate of drug-likeness (QED) is 0.500. The maximum atomic E-state index is 13.9. The van der Waals surface area contributed by atoms with Gasteiger partial charge in [0.2, 0.25) is 5.72 Å². The average Bonchev–Trinajstić information content (AvgIpc) is 3.02. The van der Waals surface area contributed by atoms with Crippen molar-refractivity contribution in [1.29, 1.82) is 0 Å². The van der Waals surface area contributed by atoms with Crippen molar-refractivity contribution in [2.75, 3.05) is 19.7 Å². The van der Waals surface area contributed by atoms with Crippen LogP contribution in [0.15, 0.2) is 24.3 Å². The van der Waals surface area contributed by atoms with Crippen LogP contribution in [0.5, 0.6) is 0 Å². The maximum absolute atomic E-state index is 13.9. The van der Waals surface area contributed by atoms with Crippen molar-refractivity contribution in [1.82, 2.24) is 4.57 Å². The highest BCUT2D eigenvalue weighted by Crippen LogP contribution is 2.62. The highest BCUT2D eigenvalue weighted by atomic mass is 16.6. The van der Waals surface area contributed by atoms with Crippen LogP contribution in [0.2, 0.25) is 0 Å². The van der Waals surface area contributed by atoms with Crippen molar-refractivity contribution in [2.24, 2.45) is 5.41 Å². The number of piperidine rings is 1. The van der Waals surface area contributed by atoms with Gasteiger partial charge >= 0.3 is 5.97 Å². The summed E-state index contributed by atoms with van der Waals surface area (Å²) < 4.78 is 6.89. The van der Waals surface area contributed by atoms with E-state index in [1.54, 1.807) is 11.5 Å². The fourth-order valence-electron chi connectivity index (χ4n) is 6.45. The van der Waals surface area contributed by atoms with Crippen LogP contribution in [-0.4, -0.2) is 40.0 Å². The first kappa shape index (κ1) is 18.2. The Hall–Kier alpha value is -1.89. The fraction of sp³-hybridized carbons (Fsp3) is 0.591. The Morgan fingerprint density at radius 3 is 2.89 bits per heavy atom. The lowest BCUT2D eigenvalue weighted by atomic mass is 9.62. The van der Waals surface area contributed by atoms with Crippen molar-refractivity contribution in [3.05, 3.63) is 40.7 Å². The monoisotopic (exact) mass is 384 g/mol. The summed E-state index contributed by atoms with van der Waals surface area (Å²) in [4.78, 5) is 13.1. The number of rotatable bonds is 3. The van der Waals surface area contributed by atoms with Crippen LogP contribution >= 0.6 is 0 Å². The van der Waals surface area contributed by atoms with Gasteiger partial charge < -0.3 is 24.3 Å².